The van der Waals surface area contributed by atoms with Crippen LogP contribution in [0.3, 0.4) is 0 Å². The number of nitrogens with zero attached hydrogens (tertiary/aromatic N) is 1. The molecule has 0 radical (unpaired) electrons. The third-order valence-electron chi connectivity index (χ3n) is 3.48. The van der Waals surface area contributed by atoms with Crippen LogP contribution in [0.15, 0.2) is 4.99 Å². The monoisotopic (exact) mass is 333 g/mol. The number of aliphatic imine (C=N–C) groups is 1. The van der Waals surface area contributed by atoms with Gasteiger partial charge in [-0.3, -0.25) is 9.79 Å². The number of carbonyl (C=O) groups excluding carboxylic acids is 1. The lowest BCUT2D eigenvalue weighted by atomic mass is 9.88. The van der Waals surface area contributed by atoms with Gasteiger partial charge in [-0.1, -0.05) is 0 Å². The summed E-state index contributed by atoms with van der Waals surface area (Å²) < 4.78 is 5.20. The molecule has 0 saturated carbocycles. The average Bonchev–Trinajstić information content (AvgIpc) is 2.38. The van der Waals surface area contributed by atoms with Crippen LogP contribution in [-0.4, -0.2) is 74.3 Å². The number of ether oxygens (including phenoxy) is 1. The van der Waals surface area contributed by atoms with Crippen molar-refractivity contribution in [1.29, 1.82) is 0 Å². The van der Waals surface area contributed by atoms with E-state index in [9.17, 15) is 24.9 Å². The van der Waals surface area contributed by atoms with E-state index < -0.39 is 54.5 Å². The lowest BCUT2D eigenvalue weighted by Gasteiger charge is -2.44. The van der Waals surface area contributed by atoms with Crippen LogP contribution in [0.1, 0.15) is 27.2 Å². The Morgan fingerprint density at radius 2 is 2.00 bits per heavy atom. The summed E-state index contributed by atoms with van der Waals surface area (Å²) in [4.78, 5) is 26.5. The number of amidine groups is 1. The fourth-order valence-corrected chi connectivity index (χ4v) is 2.50. The third kappa shape index (κ3) is 4.61. The summed E-state index contributed by atoms with van der Waals surface area (Å²) in [5.41, 5.74) is 5.51. The van der Waals surface area contributed by atoms with Crippen LogP contribution in [-0.2, 0) is 14.3 Å². The van der Waals surface area contributed by atoms with Crippen LogP contribution in [0.5, 0.6) is 0 Å². The second-order valence-corrected chi connectivity index (χ2v) is 5.67. The van der Waals surface area contributed by atoms with Gasteiger partial charge in [0.1, 0.15) is 12.1 Å². The van der Waals surface area contributed by atoms with Crippen LogP contribution >= 0.6 is 0 Å². The molecule has 1 fully saturated rings. The predicted octanol–water partition coefficient (Wildman–Crippen LogP) is -2.46. The van der Waals surface area contributed by atoms with Crippen molar-refractivity contribution in [2.45, 2.75) is 63.4 Å². The van der Waals surface area contributed by atoms with E-state index in [2.05, 4.69) is 10.3 Å². The Balaban J connectivity index is 3.27. The van der Waals surface area contributed by atoms with E-state index in [0.29, 0.717) is 0 Å². The van der Waals surface area contributed by atoms with Gasteiger partial charge in [0, 0.05) is 13.3 Å². The molecule has 0 aromatic carbocycles. The van der Waals surface area contributed by atoms with Crippen molar-refractivity contribution in [2.75, 3.05) is 0 Å². The van der Waals surface area contributed by atoms with E-state index in [1.807, 2.05) is 0 Å². The number of hydrogen-bond donors (Lipinski definition) is 6. The number of hydrogen-bond acceptors (Lipinski definition) is 7. The van der Waals surface area contributed by atoms with E-state index in [1.165, 1.54) is 20.8 Å². The van der Waals surface area contributed by atoms with Gasteiger partial charge in [-0.15, -0.1) is 0 Å². The second kappa shape index (κ2) is 7.21. The van der Waals surface area contributed by atoms with Crippen molar-refractivity contribution in [2.24, 2.45) is 10.7 Å². The highest BCUT2D eigenvalue weighted by molar-refractivity contribution is 5.78. The van der Waals surface area contributed by atoms with Crippen LogP contribution in [0.2, 0.25) is 0 Å². The number of aliphatic carboxylic acids is 1. The average molecular weight is 333 g/mol. The molecule has 0 aliphatic carbocycles. The summed E-state index contributed by atoms with van der Waals surface area (Å²) in [6.45, 7) is 4.00. The largest absolute Gasteiger partial charge is 0.477 e. The highest BCUT2D eigenvalue weighted by atomic mass is 16.7. The molecule has 0 unspecified atom stereocenters. The lowest BCUT2D eigenvalue weighted by molar-refractivity contribution is -0.280. The fourth-order valence-electron chi connectivity index (χ4n) is 2.50. The molecule has 0 spiro atoms. The van der Waals surface area contributed by atoms with Gasteiger partial charge in [-0.25, -0.2) is 4.79 Å². The van der Waals surface area contributed by atoms with Gasteiger partial charge in [0.15, 0.2) is 0 Å². The normalized spacial score (nSPS) is 34.5. The standard InChI is InChI=1S/C13H23N3O7/c1-5(17)9(16-7(3)18)11-10(15-6(2)14)8(19)4-13(22,23-11)12(20)21/h5,8-11,17,19,22H,4H2,1-3H3,(H2,14,15)(H,16,18)(H,20,21)/t5-,8-,9-,10-,11-,13+/m0/s1. The van der Waals surface area contributed by atoms with E-state index in [-0.39, 0.29) is 5.84 Å². The molecule has 1 amide bonds. The molecular weight excluding hydrogens is 310 g/mol. The van der Waals surface area contributed by atoms with Gasteiger partial charge >= 0.3 is 5.97 Å². The van der Waals surface area contributed by atoms with Crippen LogP contribution < -0.4 is 11.1 Å². The highest BCUT2D eigenvalue weighted by Crippen LogP contribution is 2.32. The second-order valence-electron chi connectivity index (χ2n) is 5.67. The van der Waals surface area contributed by atoms with E-state index in [4.69, 9.17) is 15.6 Å². The summed E-state index contributed by atoms with van der Waals surface area (Å²) in [7, 11) is 0. The van der Waals surface area contributed by atoms with Gasteiger partial charge in [0.25, 0.3) is 5.79 Å². The number of carbonyl (C=O) groups is 2. The quantitative estimate of drug-likeness (QED) is 0.237. The molecule has 10 heteroatoms. The fraction of sp³-hybridized carbons (Fsp3) is 0.769. The molecule has 6 atom stereocenters. The maximum absolute atomic E-state index is 11.3. The first-order valence-corrected chi connectivity index (χ1v) is 7.04. The molecule has 132 valence electrons. The van der Waals surface area contributed by atoms with Crippen LogP contribution in [0.25, 0.3) is 0 Å². The minimum atomic E-state index is -2.66. The smallest absolute Gasteiger partial charge is 0.364 e. The Morgan fingerprint density at radius 1 is 1.43 bits per heavy atom. The zero-order valence-electron chi connectivity index (χ0n) is 13.1. The Morgan fingerprint density at radius 3 is 2.39 bits per heavy atom. The Hall–Kier alpha value is -1.75. The minimum absolute atomic E-state index is 0.0931. The maximum atomic E-state index is 11.3. The number of carboxylic acid groups (broad SMARTS) is 1. The molecule has 1 rings (SSSR count). The molecular formula is C13H23N3O7. The van der Waals surface area contributed by atoms with E-state index >= 15 is 0 Å². The zero-order chi connectivity index (χ0) is 17.9. The van der Waals surface area contributed by atoms with Gasteiger partial charge in [0.2, 0.25) is 5.91 Å². The predicted molar refractivity (Wildman–Crippen MR) is 78.5 cm³/mol. The molecule has 10 nitrogen and oxygen atoms in total. The number of amides is 1. The number of carboxylic acids is 1. The number of aliphatic hydroxyl groups excluding tert-OH is 2. The molecule has 0 aromatic rings. The van der Waals surface area contributed by atoms with Crippen LogP contribution in [0.4, 0.5) is 0 Å². The maximum Gasteiger partial charge on any atom is 0.364 e. The third-order valence-corrected chi connectivity index (χ3v) is 3.48. The van der Waals surface area contributed by atoms with Gasteiger partial charge in [0.05, 0.1) is 24.1 Å². The number of aliphatic hydroxyl groups is 3. The van der Waals surface area contributed by atoms with Crippen molar-refractivity contribution < 1.29 is 34.8 Å². The molecule has 0 bridgehead atoms. The Kier molecular flexibility index (Phi) is 6.05. The van der Waals surface area contributed by atoms with Crippen LogP contribution in [0, 0.1) is 0 Å². The number of rotatable bonds is 5. The Bertz CT molecular complexity index is 492. The van der Waals surface area contributed by atoms with Crippen molar-refractivity contribution in [3.05, 3.63) is 0 Å². The first-order valence-electron chi connectivity index (χ1n) is 7.04. The van der Waals surface area contributed by atoms with Crippen molar-refractivity contribution in [3.63, 3.8) is 0 Å². The molecule has 1 saturated heterocycles. The Labute approximate surface area is 133 Å². The van der Waals surface area contributed by atoms with E-state index in [0.717, 1.165) is 0 Å². The van der Waals surface area contributed by atoms with Gasteiger partial charge in [-0.05, 0) is 13.8 Å². The summed E-state index contributed by atoms with van der Waals surface area (Å²) >= 11 is 0. The first kappa shape index (κ1) is 19.3. The molecule has 1 aliphatic rings. The van der Waals surface area contributed by atoms with Crippen molar-refractivity contribution >= 4 is 17.7 Å². The number of nitrogens with two attached hydrogens (primary N) is 1. The first-order chi connectivity index (χ1) is 10.5. The minimum Gasteiger partial charge on any atom is -0.477 e. The van der Waals surface area contributed by atoms with Gasteiger partial charge in [-0.2, -0.15) is 0 Å². The molecule has 1 heterocycles. The van der Waals surface area contributed by atoms with Gasteiger partial charge < -0.3 is 36.2 Å². The van der Waals surface area contributed by atoms with Crippen molar-refractivity contribution in [3.8, 4) is 0 Å². The summed E-state index contributed by atoms with van der Waals surface area (Å²) in [5, 5.41) is 41.6. The SMILES string of the molecule is CC(=O)N[C@H]([C@@H]1O[C@@](O)(C(=O)O)C[C@H](O)[C@@H]1N=C(C)N)[C@H](C)O. The zero-order valence-corrected chi connectivity index (χ0v) is 13.1. The highest BCUT2D eigenvalue weighted by Gasteiger charge is 2.53. The molecule has 23 heavy (non-hydrogen) atoms. The summed E-state index contributed by atoms with van der Waals surface area (Å²) in [5.74, 6) is -4.77. The topological polar surface area (TPSA) is 175 Å². The lowest BCUT2D eigenvalue weighted by Crippen LogP contribution is -2.65. The summed E-state index contributed by atoms with van der Waals surface area (Å²) in [6, 6.07) is -2.17. The number of nitrogens with one attached hydrogen (secondary N) is 1. The summed E-state index contributed by atoms with van der Waals surface area (Å²) in [6.07, 6.45) is -4.50. The molecule has 7 N–H and O–H groups in total. The molecule has 1 aliphatic heterocycles. The van der Waals surface area contributed by atoms with Crippen molar-refractivity contribution in [1.82, 2.24) is 5.32 Å². The van der Waals surface area contributed by atoms with E-state index in [1.54, 1.807) is 0 Å². The molecule has 0 aromatic heterocycles.